The Morgan fingerprint density at radius 3 is 2.17 bits per heavy atom. The maximum absolute atomic E-state index is 10.6. The summed E-state index contributed by atoms with van der Waals surface area (Å²) in [6, 6.07) is 0. The zero-order valence-corrected chi connectivity index (χ0v) is 8.12. The van der Waals surface area contributed by atoms with Crippen molar-refractivity contribution in [3.63, 3.8) is 0 Å². The lowest BCUT2D eigenvalue weighted by Crippen LogP contribution is -2.05. The Balaban J connectivity index is 4.78. The van der Waals surface area contributed by atoms with Gasteiger partial charge in [0.2, 0.25) is 0 Å². The molecular weight excluding hydrogens is 222 g/mol. The number of allylic oxidation sites excluding steroid dienone is 1. The smallest absolute Gasteiger partial charge is 0.256 e. The van der Waals surface area contributed by atoms with Gasteiger partial charge in [0.05, 0.1) is 5.57 Å². The molecule has 0 radical (unpaired) electrons. The second-order valence-electron chi connectivity index (χ2n) is 1.63. The van der Waals surface area contributed by atoms with Crippen LogP contribution in [0, 0.1) is 0 Å². The molecule has 0 atom stereocenters. The van der Waals surface area contributed by atoms with Gasteiger partial charge in [0, 0.05) is 6.20 Å². The first kappa shape index (κ1) is 11.5. The molecule has 0 aliphatic heterocycles. The van der Waals surface area contributed by atoms with Crippen molar-refractivity contribution in [2.24, 2.45) is 10.7 Å². The van der Waals surface area contributed by atoms with Crippen LogP contribution in [0.1, 0.15) is 0 Å². The van der Waals surface area contributed by atoms with E-state index < -0.39 is 5.24 Å². The summed E-state index contributed by atoms with van der Waals surface area (Å²) in [6.45, 7) is 3.24. The fourth-order valence-electron chi connectivity index (χ4n) is 0.382. The Morgan fingerprint density at radius 1 is 1.42 bits per heavy atom. The first-order valence-corrected chi connectivity index (χ1v) is 3.83. The minimum Gasteiger partial charge on any atom is -0.404 e. The van der Waals surface area contributed by atoms with Gasteiger partial charge in [0.15, 0.2) is 0 Å². The molecule has 0 heterocycles. The van der Waals surface area contributed by atoms with Crippen LogP contribution in [-0.4, -0.2) is 10.4 Å². The number of carbonyl (C=O) groups is 1. The number of hydrogen-bond donors (Lipinski definition) is 1. The largest absolute Gasteiger partial charge is 0.404 e. The van der Waals surface area contributed by atoms with Crippen LogP contribution in [0.2, 0.25) is 0 Å². The van der Waals surface area contributed by atoms with E-state index in [0.29, 0.717) is 0 Å². The summed E-state index contributed by atoms with van der Waals surface area (Å²) in [4.78, 5) is 14.0. The number of aliphatic imine (C=N–C) groups is 1. The van der Waals surface area contributed by atoms with Gasteiger partial charge in [-0.2, -0.15) is 0 Å². The average Bonchev–Trinajstić information content (AvgIpc) is 1.85. The highest BCUT2D eigenvalue weighted by molar-refractivity contribution is 6.81. The van der Waals surface area contributed by atoms with Crippen LogP contribution < -0.4 is 5.73 Å². The molecule has 2 N–H and O–H groups in total. The molecule has 0 rings (SSSR count). The molecule has 6 heteroatoms. The van der Waals surface area contributed by atoms with Gasteiger partial charge in [-0.05, 0) is 11.6 Å². The van der Waals surface area contributed by atoms with Gasteiger partial charge in [0.1, 0.15) is 10.3 Å². The van der Waals surface area contributed by atoms with E-state index in [9.17, 15) is 4.79 Å². The SMILES string of the molecule is C=C(Cl)N=C(Cl)/C(=C\N)C(=O)Cl. The van der Waals surface area contributed by atoms with E-state index in [0.717, 1.165) is 6.20 Å². The van der Waals surface area contributed by atoms with Crippen LogP contribution in [0.5, 0.6) is 0 Å². The Morgan fingerprint density at radius 2 is 1.92 bits per heavy atom. The molecular formula is C6H5Cl3N2O. The van der Waals surface area contributed by atoms with Crippen LogP contribution in [0.15, 0.2) is 28.5 Å². The maximum atomic E-state index is 10.6. The van der Waals surface area contributed by atoms with E-state index in [2.05, 4.69) is 11.6 Å². The van der Waals surface area contributed by atoms with Gasteiger partial charge in [0.25, 0.3) is 5.24 Å². The van der Waals surface area contributed by atoms with E-state index in [4.69, 9.17) is 40.5 Å². The molecule has 0 aromatic carbocycles. The third-order valence-corrected chi connectivity index (χ3v) is 1.40. The summed E-state index contributed by atoms with van der Waals surface area (Å²) in [6.07, 6.45) is 0.945. The van der Waals surface area contributed by atoms with Crippen molar-refractivity contribution in [3.8, 4) is 0 Å². The molecule has 3 nitrogen and oxygen atoms in total. The lowest BCUT2D eigenvalue weighted by molar-refractivity contribution is -0.108. The van der Waals surface area contributed by atoms with Crippen molar-refractivity contribution >= 4 is 45.2 Å². The van der Waals surface area contributed by atoms with Crippen molar-refractivity contribution in [2.45, 2.75) is 0 Å². The summed E-state index contributed by atoms with van der Waals surface area (Å²) in [5.74, 6) is 0. The van der Waals surface area contributed by atoms with Crippen LogP contribution in [-0.2, 0) is 4.79 Å². The highest BCUT2D eigenvalue weighted by Gasteiger charge is 2.10. The van der Waals surface area contributed by atoms with E-state index >= 15 is 0 Å². The second-order valence-corrected chi connectivity index (χ2v) is 2.77. The van der Waals surface area contributed by atoms with Crippen LogP contribution in [0.3, 0.4) is 0 Å². The molecule has 12 heavy (non-hydrogen) atoms. The molecule has 0 aliphatic rings. The molecule has 0 aromatic rings. The van der Waals surface area contributed by atoms with Gasteiger partial charge in [-0.1, -0.05) is 29.8 Å². The van der Waals surface area contributed by atoms with Gasteiger partial charge in [-0.3, -0.25) is 4.79 Å². The van der Waals surface area contributed by atoms with E-state index in [1.165, 1.54) is 0 Å². The summed E-state index contributed by atoms with van der Waals surface area (Å²) < 4.78 is 0. The van der Waals surface area contributed by atoms with Crippen molar-refractivity contribution in [2.75, 3.05) is 0 Å². The van der Waals surface area contributed by atoms with Crippen molar-refractivity contribution < 1.29 is 4.79 Å². The quantitative estimate of drug-likeness (QED) is 0.347. The molecule has 0 aliphatic carbocycles. The molecule has 0 saturated heterocycles. The summed E-state index contributed by atoms with van der Waals surface area (Å²) in [7, 11) is 0. The Bertz CT molecular complexity index is 270. The average molecular weight is 227 g/mol. The number of rotatable bonds is 3. The minimum atomic E-state index is -0.802. The van der Waals surface area contributed by atoms with Crippen molar-refractivity contribution in [1.82, 2.24) is 0 Å². The number of carbonyl (C=O) groups excluding carboxylic acids is 1. The Hall–Kier alpha value is -0.510. The molecule has 0 unspecified atom stereocenters. The molecule has 0 amide bonds. The summed E-state index contributed by atoms with van der Waals surface area (Å²) >= 11 is 15.9. The van der Waals surface area contributed by atoms with E-state index in [-0.39, 0.29) is 15.9 Å². The topological polar surface area (TPSA) is 55.4 Å². The predicted octanol–water partition coefficient (Wildman–Crippen LogP) is 1.94. The number of hydrogen-bond acceptors (Lipinski definition) is 3. The number of halogens is 3. The van der Waals surface area contributed by atoms with Crippen LogP contribution in [0.25, 0.3) is 0 Å². The van der Waals surface area contributed by atoms with E-state index in [1.807, 2.05) is 0 Å². The lowest BCUT2D eigenvalue weighted by Gasteiger charge is -1.96. The van der Waals surface area contributed by atoms with Gasteiger partial charge >= 0.3 is 0 Å². The fraction of sp³-hybridized carbons (Fsp3) is 0. The zero-order valence-electron chi connectivity index (χ0n) is 5.85. The van der Waals surface area contributed by atoms with Gasteiger partial charge in [-0.25, -0.2) is 4.99 Å². The molecule has 0 aromatic heterocycles. The zero-order chi connectivity index (χ0) is 9.72. The fourth-order valence-corrected chi connectivity index (χ4v) is 0.962. The van der Waals surface area contributed by atoms with Gasteiger partial charge in [-0.15, -0.1) is 0 Å². The van der Waals surface area contributed by atoms with E-state index in [1.54, 1.807) is 0 Å². The second kappa shape index (κ2) is 5.19. The van der Waals surface area contributed by atoms with Crippen molar-refractivity contribution in [3.05, 3.63) is 23.5 Å². The highest BCUT2D eigenvalue weighted by Crippen LogP contribution is 2.10. The molecule has 0 saturated carbocycles. The first-order chi connectivity index (χ1) is 5.49. The third-order valence-electron chi connectivity index (χ3n) is 0.820. The Kier molecular flexibility index (Phi) is 4.97. The first-order valence-electron chi connectivity index (χ1n) is 2.69. The minimum absolute atomic E-state index is 0.0581. The molecule has 66 valence electrons. The number of nitrogens with two attached hydrogens (primary N) is 1. The Labute approximate surface area is 84.5 Å². The van der Waals surface area contributed by atoms with Gasteiger partial charge < -0.3 is 5.73 Å². The van der Waals surface area contributed by atoms with Crippen LogP contribution >= 0.6 is 34.8 Å². The third kappa shape index (κ3) is 3.76. The lowest BCUT2D eigenvalue weighted by atomic mass is 10.3. The molecule has 0 bridgehead atoms. The standard InChI is InChI=1S/C6H5Cl3N2O/c1-3(7)11-5(8)4(2-10)6(9)12/h2H,1,10H2/b4-2+,11-5?. The summed E-state index contributed by atoms with van der Waals surface area (Å²) in [5.41, 5.74) is 4.93. The van der Waals surface area contributed by atoms with Crippen molar-refractivity contribution in [1.29, 1.82) is 0 Å². The molecule has 0 spiro atoms. The maximum Gasteiger partial charge on any atom is 0.256 e. The normalized spacial score (nSPS) is 12.9. The molecule has 0 fully saturated rings. The summed E-state index contributed by atoms with van der Waals surface area (Å²) in [5, 5.41) is -1.04. The predicted molar refractivity (Wildman–Crippen MR) is 51.4 cm³/mol. The number of nitrogens with zero attached hydrogens (tertiary/aromatic N) is 1. The van der Waals surface area contributed by atoms with Crippen LogP contribution in [0.4, 0.5) is 0 Å². The highest BCUT2D eigenvalue weighted by atomic mass is 35.5. The monoisotopic (exact) mass is 226 g/mol.